The largest absolute Gasteiger partial charge is 0.396 e. The molecule has 4 rings (SSSR count). The summed E-state index contributed by atoms with van der Waals surface area (Å²) in [6.45, 7) is 2.54. The highest BCUT2D eigenvalue weighted by Gasteiger charge is 2.40. The highest BCUT2D eigenvalue weighted by molar-refractivity contribution is 6.30. The van der Waals surface area contributed by atoms with E-state index in [1.54, 1.807) is 24.2 Å². The minimum absolute atomic E-state index is 0.0733. The van der Waals surface area contributed by atoms with Crippen molar-refractivity contribution in [2.24, 2.45) is 0 Å². The number of rotatable bonds is 7. The first-order valence-electron chi connectivity index (χ1n) is 10.6. The minimum atomic E-state index is -1.16. The van der Waals surface area contributed by atoms with Gasteiger partial charge in [-0.05, 0) is 30.5 Å². The number of aryl methyl sites for hydroxylation is 1. The van der Waals surface area contributed by atoms with E-state index in [2.05, 4.69) is 11.9 Å². The van der Waals surface area contributed by atoms with Crippen molar-refractivity contribution >= 4 is 23.3 Å². The summed E-state index contributed by atoms with van der Waals surface area (Å²) >= 11 is 6.00. The lowest BCUT2D eigenvalue weighted by atomic mass is 10.0. The zero-order valence-corrected chi connectivity index (χ0v) is 18.8. The van der Waals surface area contributed by atoms with Gasteiger partial charge < -0.3 is 19.7 Å². The first-order valence-corrected chi connectivity index (χ1v) is 11.0. The first-order chi connectivity index (χ1) is 15.5. The smallest absolute Gasteiger partial charge is 0.277 e. The summed E-state index contributed by atoms with van der Waals surface area (Å²) in [6.07, 6.45) is 1.59. The molecule has 3 heterocycles. The van der Waals surface area contributed by atoms with Crippen LogP contribution in [0.5, 0.6) is 0 Å². The summed E-state index contributed by atoms with van der Waals surface area (Å²) in [5.74, 6) is 0.721. The maximum absolute atomic E-state index is 13.5. The Morgan fingerprint density at radius 3 is 2.66 bits per heavy atom. The van der Waals surface area contributed by atoms with Gasteiger partial charge in [0.2, 0.25) is 6.35 Å². The Morgan fingerprint density at radius 1 is 1.19 bits per heavy atom. The van der Waals surface area contributed by atoms with Gasteiger partial charge >= 0.3 is 0 Å². The number of aromatic nitrogens is 3. The molecule has 0 spiro atoms. The number of carbonyl (C=O) groups excluding carboxylic acids is 1. The average molecular weight is 456 g/mol. The van der Waals surface area contributed by atoms with E-state index in [-0.39, 0.29) is 19.1 Å². The van der Waals surface area contributed by atoms with Gasteiger partial charge in [-0.15, -0.1) is 0 Å². The van der Waals surface area contributed by atoms with E-state index in [1.165, 1.54) is 4.90 Å². The lowest BCUT2D eigenvalue weighted by Crippen LogP contribution is -2.54. The maximum atomic E-state index is 13.5. The van der Waals surface area contributed by atoms with E-state index in [0.717, 1.165) is 23.2 Å². The van der Waals surface area contributed by atoms with Crippen LogP contribution in [-0.2, 0) is 13.0 Å². The molecule has 0 fully saturated rings. The molecule has 1 amide bonds. The summed E-state index contributed by atoms with van der Waals surface area (Å²) in [5.41, 5.74) is 3.14. The van der Waals surface area contributed by atoms with E-state index < -0.39 is 6.35 Å². The third-order valence-corrected chi connectivity index (χ3v) is 5.90. The molecule has 9 heteroatoms. The number of imidazole rings is 1. The van der Waals surface area contributed by atoms with E-state index in [9.17, 15) is 15.0 Å². The van der Waals surface area contributed by atoms with Crippen molar-refractivity contribution < 1.29 is 15.0 Å². The molecular formula is C23H26ClN5O3. The van der Waals surface area contributed by atoms with Crippen LogP contribution in [-0.4, -0.2) is 62.1 Å². The van der Waals surface area contributed by atoms with Gasteiger partial charge in [-0.1, -0.05) is 42.8 Å². The van der Waals surface area contributed by atoms with Gasteiger partial charge in [0.1, 0.15) is 5.82 Å². The van der Waals surface area contributed by atoms with E-state index >= 15 is 0 Å². The zero-order chi connectivity index (χ0) is 22.8. The number of hydrogen-bond acceptors (Lipinski definition) is 6. The van der Waals surface area contributed by atoms with E-state index in [1.807, 2.05) is 34.9 Å². The molecular weight excluding hydrogens is 430 g/mol. The second-order valence-corrected chi connectivity index (χ2v) is 8.14. The Balaban J connectivity index is 1.90. The third kappa shape index (κ3) is 3.97. The van der Waals surface area contributed by atoms with Gasteiger partial charge in [0.05, 0.1) is 17.3 Å². The predicted octanol–water partition coefficient (Wildman–Crippen LogP) is 2.76. The fourth-order valence-electron chi connectivity index (χ4n) is 3.98. The van der Waals surface area contributed by atoms with Crippen LogP contribution in [0.4, 0.5) is 5.82 Å². The Bertz CT molecular complexity index is 1120. The van der Waals surface area contributed by atoms with Gasteiger partial charge in [0.15, 0.2) is 11.5 Å². The molecule has 3 aromatic rings. The average Bonchev–Trinajstić information content (AvgIpc) is 3.18. The van der Waals surface area contributed by atoms with Crippen LogP contribution in [0.1, 0.15) is 35.1 Å². The zero-order valence-electron chi connectivity index (χ0n) is 18.1. The number of fused-ring (bicyclic) bond motifs is 1. The summed E-state index contributed by atoms with van der Waals surface area (Å²) < 4.78 is 1.86. The van der Waals surface area contributed by atoms with Crippen LogP contribution in [0.2, 0.25) is 5.02 Å². The molecule has 2 aromatic heterocycles. The maximum Gasteiger partial charge on any atom is 0.277 e. The summed E-state index contributed by atoms with van der Waals surface area (Å²) in [6, 6.07) is 11.5. The van der Waals surface area contributed by atoms with Crippen LogP contribution in [0.15, 0.2) is 42.6 Å². The molecule has 168 valence electrons. The minimum Gasteiger partial charge on any atom is -0.396 e. The topological polar surface area (TPSA) is 94.7 Å². The highest BCUT2D eigenvalue weighted by Crippen LogP contribution is 2.35. The van der Waals surface area contributed by atoms with Gasteiger partial charge in [0, 0.05) is 32.0 Å². The Kier molecular flexibility index (Phi) is 6.45. The fourth-order valence-corrected chi connectivity index (χ4v) is 4.09. The molecule has 2 N–H and O–H groups in total. The van der Waals surface area contributed by atoms with Gasteiger partial charge in [-0.25, -0.2) is 4.98 Å². The molecule has 1 aliphatic rings. The molecule has 1 atom stereocenters. The van der Waals surface area contributed by atoms with Crippen molar-refractivity contribution in [1.29, 1.82) is 0 Å². The van der Waals surface area contributed by atoms with E-state index in [4.69, 9.17) is 16.6 Å². The molecule has 32 heavy (non-hydrogen) atoms. The number of aliphatic hydroxyl groups is 2. The second-order valence-electron chi connectivity index (χ2n) is 7.71. The number of amides is 1. The number of benzene rings is 1. The number of anilines is 1. The number of pyridine rings is 1. The van der Waals surface area contributed by atoms with Crippen molar-refractivity contribution in [3.63, 3.8) is 0 Å². The summed E-state index contributed by atoms with van der Waals surface area (Å²) in [4.78, 5) is 25.7. The standard InChI is InChI=1S/C23H26ClN5O3/c1-3-15-7-4-5-8-18(15)20-26-21-19(29(20)14-17-10-9-16(24)13-25-17)22(31)28(11-6-12-30)23(32)27(21)2/h4-5,7-10,13,23,30,32H,3,6,11-12,14H2,1-2H3. The molecule has 1 aromatic carbocycles. The van der Waals surface area contributed by atoms with Gasteiger partial charge in [-0.3, -0.25) is 14.7 Å². The highest BCUT2D eigenvalue weighted by atomic mass is 35.5. The van der Waals surface area contributed by atoms with Crippen LogP contribution >= 0.6 is 11.6 Å². The Labute approximate surface area is 191 Å². The van der Waals surface area contributed by atoms with Crippen LogP contribution in [0.3, 0.4) is 0 Å². The lowest BCUT2D eigenvalue weighted by Gasteiger charge is -2.38. The summed E-state index contributed by atoms with van der Waals surface area (Å²) in [5, 5.41) is 20.5. The van der Waals surface area contributed by atoms with Crippen molar-refractivity contribution in [3.8, 4) is 11.4 Å². The first kappa shape index (κ1) is 22.3. The molecule has 0 saturated heterocycles. The van der Waals surface area contributed by atoms with Crippen LogP contribution < -0.4 is 4.90 Å². The Morgan fingerprint density at radius 2 is 1.97 bits per heavy atom. The van der Waals surface area contributed by atoms with Gasteiger partial charge in [-0.2, -0.15) is 0 Å². The van der Waals surface area contributed by atoms with Crippen LogP contribution in [0, 0.1) is 0 Å². The molecule has 0 aliphatic carbocycles. The molecule has 0 bridgehead atoms. The molecule has 0 radical (unpaired) electrons. The number of nitrogens with zero attached hydrogens (tertiary/aromatic N) is 5. The normalized spacial score (nSPS) is 15.9. The molecule has 0 saturated carbocycles. The predicted molar refractivity (Wildman–Crippen MR) is 123 cm³/mol. The summed E-state index contributed by atoms with van der Waals surface area (Å²) in [7, 11) is 1.70. The third-order valence-electron chi connectivity index (χ3n) is 5.68. The molecule has 1 aliphatic heterocycles. The number of hydrogen-bond donors (Lipinski definition) is 2. The Hall–Kier alpha value is -2.94. The SMILES string of the molecule is CCc1ccccc1-c1nc2c(n1Cc1ccc(Cl)cn1)C(=O)N(CCCO)C(O)N2C. The number of aliphatic hydroxyl groups excluding tert-OH is 2. The monoisotopic (exact) mass is 455 g/mol. The van der Waals surface area contributed by atoms with Crippen LogP contribution in [0.25, 0.3) is 11.4 Å². The lowest BCUT2D eigenvalue weighted by molar-refractivity contribution is 0.00113. The van der Waals surface area contributed by atoms with Crippen molar-refractivity contribution in [1.82, 2.24) is 19.4 Å². The van der Waals surface area contributed by atoms with Crippen molar-refractivity contribution in [3.05, 3.63) is 64.6 Å². The number of carbonyl (C=O) groups is 1. The molecule has 8 nitrogen and oxygen atoms in total. The quantitative estimate of drug-likeness (QED) is 0.569. The molecule has 1 unspecified atom stereocenters. The fraction of sp³-hybridized carbons (Fsp3) is 0.348. The van der Waals surface area contributed by atoms with Crippen molar-refractivity contribution in [2.75, 3.05) is 25.1 Å². The van der Waals surface area contributed by atoms with Crippen molar-refractivity contribution in [2.45, 2.75) is 32.7 Å². The van der Waals surface area contributed by atoms with E-state index in [0.29, 0.717) is 35.3 Å². The number of halogens is 1. The second kappa shape index (κ2) is 9.28. The van der Waals surface area contributed by atoms with Gasteiger partial charge in [0.25, 0.3) is 5.91 Å².